The first-order valence-electron chi connectivity index (χ1n) is 4.55. The van der Waals surface area contributed by atoms with E-state index in [0.29, 0.717) is 6.07 Å². The van der Waals surface area contributed by atoms with Gasteiger partial charge in [0.25, 0.3) is 0 Å². The van der Waals surface area contributed by atoms with Crippen LogP contribution in [0.1, 0.15) is 22.3 Å². The lowest BCUT2D eigenvalue weighted by molar-refractivity contribution is -0.143. The van der Waals surface area contributed by atoms with Crippen molar-refractivity contribution in [2.45, 2.75) is 25.8 Å². The highest BCUT2D eigenvalue weighted by Crippen LogP contribution is 2.38. The number of benzene rings is 1. The van der Waals surface area contributed by atoms with Crippen LogP contribution in [0.15, 0.2) is 12.1 Å². The molecule has 0 unspecified atom stereocenters. The average molecular weight is 257 g/mol. The highest BCUT2D eigenvalue weighted by molar-refractivity contribution is 5.41. The summed E-state index contributed by atoms with van der Waals surface area (Å²) in [5, 5.41) is 0. The lowest BCUT2D eigenvalue weighted by Crippen LogP contribution is -2.16. The number of hydrogen-bond acceptors (Lipinski definition) is 1. The van der Waals surface area contributed by atoms with Crippen LogP contribution in [0.3, 0.4) is 0 Å². The van der Waals surface area contributed by atoms with Crippen LogP contribution in [-0.4, -0.2) is 0 Å². The number of halogens is 6. The molecule has 0 aliphatic rings. The van der Waals surface area contributed by atoms with Gasteiger partial charge in [-0.1, -0.05) is 0 Å². The summed E-state index contributed by atoms with van der Waals surface area (Å²) in [6.07, 6.45) is -9.65. The zero-order chi connectivity index (χ0) is 13.4. The third kappa shape index (κ3) is 2.91. The zero-order valence-corrected chi connectivity index (χ0v) is 8.71. The van der Waals surface area contributed by atoms with Crippen LogP contribution < -0.4 is 5.73 Å². The molecule has 1 rings (SSSR count). The summed E-state index contributed by atoms with van der Waals surface area (Å²) in [6, 6.07) is 0.757. The minimum atomic E-state index is -4.85. The highest BCUT2D eigenvalue weighted by Gasteiger charge is 2.38. The van der Waals surface area contributed by atoms with Gasteiger partial charge in [-0.25, -0.2) is 0 Å². The van der Waals surface area contributed by atoms with Gasteiger partial charge >= 0.3 is 12.4 Å². The quantitative estimate of drug-likeness (QED) is 0.766. The molecule has 17 heavy (non-hydrogen) atoms. The largest absolute Gasteiger partial charge is 0.416 e. The van der Waals surface area contributed by atoms with Crippen molar-refractivity contribution in [1.29, 1.82) is 0 Å². The lowest BCUT2D eigenvalue weighted by Gasteiger charge is -2.17. The summed E-state index contributed by atoms with van der Waals surface area (Å²) in [5.41, 5.74) is 2.05. The molecule has 1 aromatic rings. The van der Waals surface area contributed by atoms with Gasteiger partial charge in [-0.2, -0.15) is 26.3 Å². The lowest BCUT2D eigenvalue weighted by atomic mass is 9.97. The van der Waals surface area contributed by atoms with E-state index in [4.69, 9.17) is 5.73 Å². The Morgan fingerprint density at radius 3 is 1.88 bits per heavy atom. The molecule has 7 heteroatoms. The molecular formula is C10H9F6N. The second-order valence-corrected chi connectivity index (χ2v) is 3.52. The third-order valence-electron chi connectivity index (χ3n) is 2.31. The Morgan fingerprint density at radius 2 is 1.53 bits per heavy atom. The Hall–Kier alpha value is -1.24. The van der Waals surface area contributed by atoms with Gasteiger partial charge in [0.2, 0.25) is 0 Å². The molecule has 1 nitrogen and oxygen atoms in total. The molecule has 0 aliphatic heterocycles. The molecule has 2 N–H and O–H groups in total. The van der Waals surface area contributed by atoms with Gasteiger partial charge in [-0.15, -0.1) is 0 Å². The Kier molecular flexibility index (Phi) is 3.42. The summed E-state index contributed by atoms with van der Waals surface area (Å²) < 4.78 is 74.8. The number of alkyl halides is 6. The fourth-order valence-electron chi connectivity index (χ4n) is 1.50. The predicted octanol–water partition coefficient (Wildman–Crippen LogP) is 3.49. The number of nitrogens with two attached hydrogens (primary N) is 1. The van der Waals surface area contributed by atoms with E-state index in [1.807, 2.05) is 0 Å². The molecule has 0 saturated heterocycles. The minimum absolute atomic E-state index is 0.0925. The van der Waals surface area contributed by atoms with Crippen LogP contribution in [0.2, 0.25) is 0 Å². The van der Waals surface area contributed by atoms with Crippen LogP contribution >= 0.6 is 0 Å². The molecule has 0 aliphatic carbocycles. The zero-order valence-electron chi connectivity index (χ0n) is 8.71. The maximum atomic E-state index is 12.6. The van der Waals surface area contributed by atoms with Crippen LogP contribution in [0, 0.1) is 6.92 Å². The van der Waals surface area contributed by atoms with Gasteiger partial charge in [0.15, 0.2) is 0 Å². The van der Waals surface area contributed by atoms with Crippen molar-refractivity contribution in [3.8, 4) is 0 Å². The van der Waals surface area contributed by atoms with Gasteiger partial charge < -0.3 is 5.73 Å². The first-order chi connectivity index (χ1) is 7.57. The first-order valence-corrected chi connectivity index (χ1v) is 4.55. The smallest absolute Gasteiger partial charge is 0.326 e. The van der Waals surface area contributed by atoms with Gasteiger partial charge in [0.05, 0.1) is 11.1 Å². The minimum Gasteiger partial charge on any atom is -0.326 e. The van der Waals surface area contributed by atoms with Crippen molar-refractivity contribution in [2.24, 2.45) is 5.73 Å². The standard InChI is InChI=1S/C10H9F6N/c1-5-2-6(9(11,12)13)3-8(7(5)4-17)10(14,15)16/h2-3H,4,17H2,1H3. The molecule has 0 aromatic heterocycles. The summed E-state index contributed by atoms with van der Waals surface area (Å²) in [7, 11) is 0. The molecule has 0 saturated carbocycles. The second kappa shape index (κ2) is 4.21. The van der Waals surface area contributed by atoms with Crippen molar-refractivity contribution in [2.75, 3.05) is 0 Å². The maximum absolute atomic E-state index is 12.6. The number of hydrogen-bond donors (Lipinski definition) is 1. The van der Waals surface area contributed by atoms with Crippen molar-refractivity contribution in [1.82, 2.24) is 0 Å². The normalized spacial score (nSPS) is 12.9. The molecule has 0 bridgehead atoms. The Labute approximate surface area is 93.2 Å². The van der Waals surface area contributed by atoms with Crippen molar-refractivity contribution < 1.29 is 26.3 Å². The summed E-state index contributed by atoms with van der Waals surface area (Å²) in [4.78, 5) is 0. The summed E-state index contributed by atoms with van der Waals surface area (Å²) in [5.74, 6) is 0. The van der Waals surface area contributed by atoms with Crippen LogP contribution in [0.25, 0.3) is 0 Å². The van der Waals surface area contributed by atoms with E-state index in [9.17, 15) is 26.3 Å². The number of rotatable bonds is 1. The van der Waals surface area contributed by atoms with E-state index in [1.165, 1.54) is 6.92 Å². The van der Waals surface area contributed by atoms with E-state index >= 15 is 0 Å². The molecule has 0 spiro atoms. The highest BCUT2D eigenvalue weighted by atomic mass is 19.4. The Bertz CT molecular complexity index is 418. The van der Waals surface area contributed by atoms with Gasteiger partial charge in [-0.3, -0.25) is 0 Å². The van der Waals surface area contributed by atoms with Crippen LogP contribution in [0.4, 0.5) is 26.3 Å². The molecule has 96 valence electrons. The van der Waals surface area contributed by atoms with E-state index < -0.39 is 30.0 Å². The van der Waals surface area contributed by atoms with E-state index in [2.05, 4.69) is 0 Å². The molecule has 0 atom stereocenters. The Balaban J connectivity index is 3.51. The fourth-order valence-corrected chi connectivity index (χ4v) is 1.50. The molecular weight excluding hydrogens is 248 g/mol. The Morgan fingerprint density at radius 1 is 1.00 bits per heavy atom. The number of aryl methyl sites for hydroxylation is 1. The van der Waals surface area contributed by atoms with Crippen molar-refractivity contribution in [3.63, 3.8) is 0 Å². The topological polar surface area (TPSA) is 26.0 Å². The second-order valence-electron chi connectivity index (χ2n) is 3.52. The van der Waals surface area contributed by atoms with E-state index in [-0.39, 0.29) is 17.2 Å². The molecule has 0 radical (unpaired) electrons. The van der Waals surface area contributed by atoms with Gasteiger partial charge in [-0.05, 0) is 30.2 Å². The summed E-state index contributed by atoms with van der Waals surface area (Å²) in [6.45, 7) is 0.714. The molecule has 1 aromatic carbocycles. The van der Waals surface area contributed by atoms with Crippen molar-refractivity contribution in [3.05, 3.63) is 34.4 Å². The molecule has 0 fully saturated rings. The van der Waals surface area contributed by atoms with E-state index in [1.54, 1.807) is 0 Å². The molecule has 0 amide bonds. The third-order valence-corrected chi connectivity index (χ3v) is 2.31. The maximum Gasteiger partial charge on any atom is 0.416 e. The SMILES string of the molecule is Cc1cc(C(F)(F)F)cc(C(F)(F)F)c1CN. The van der Waals surface area contributed by atoms with Crippen LogP contribution in [0.5, 0.6) is 0 Å². The van der Waals surface area contributed by atoms with Gasteiger partial charge in [0, 0.05) is 6.54 Å². The molecule has 0 heterocycles. The average Bonchev–Trinajstić information content (AvgIpc) is 2.13. The first kappa shape index (κ1) is 13.8. The van der Waals surface area contributed by atoms with Gasteiger partial charge in [0.1, 0.15) is 0 Å². The fraction of sp³-hybridized carbons (Fsp3) is 0.400. The van der Waals surface area contributed by atoms with Crippen LogP contribution in [-0.2, 0) is 18.9 Å². The van der Waals surface area contributed by atoms with Crippen molar-refractivity contribution >= 4 is 0 Å². The monoisotopic (exact) mass is 257 g/mol. The summed E-state index contributed by atoms with van der Waals surface area (Å²) >= 11 is 0. The predicted molar refractivity (Wildman–Crippen MR) is 49.1 cm³/mol. The van der Waals surface area contributed by atoms with E-state index in [0.717, 1.165) is 0 Å².